The topological polar surface area (TPSA) is 93.6 Å². The number of carbonyl (C=O) groups excluding carboxylic acids is 1. The lowest BCUT2D eigenvalue weighted by Gasteiger charge is -2.27. The second kappa shape index (κ2) is 12.7. The summed E-state index contributed by atoms with van der Waals surface area (Å²) < 4.78 is 16.3. The standard InChI is InChI=1S/C18H21ClN2O3.C13H13ClN2O/c1-18(2,3)23-17(22)21-9-5-8-15(21)14-11-16(24-20-14)12-6-4-7-13(19)10-12;14-10-4-1-3-9(7-10)13-8-12(16-17-13)11-5-2-6-15-11/h4,6-7,10-11,15H,5,8-9H2,1-3H3;1,3-4,7-8,11,15H,2,5-6H2. The maximum atomic E-state index is 12.4. The van der Waals surface area contributed by atoms with Crippen molar-refractivity contribution < 1.29 is 18.6 Å². The molecule has 2 fully saturated rings. The summed E-state index contributed by atoms with van der Waals surface area (Å²) in [6.45, 7) is 7.32. The summed E-state index contributed by atoms with van der Waals surface area (Å²) in [4.78, 5) is 14.1. The summed E-state index contributed by atoms with van der Waals surface area (Å²) in [5.41, 5.74) is 3.04. The summed E-state index contributed by atoms with van der Waals surface area (Å²) in [6.07, 6.45) is 3.78. The van der Waals surface area contributed by atoms with E-state index in [1.165, 1.54) is 6.42 Å². The van der Waals surface area contributed by atoms with Crippen LogP contribution in [-0.2, 0) is 4.74 Å². The number of benzene rings is 2. The second-order valence-electron chi connectivity index (χ2n) is 11.2. The normalized spacial score (nSPS) is 18.7. The minimum atomic E-state index is -0.514. The van der Waals surface area contributed by atoms with E-state index < -0.39 is 5.60 Å². The molecule has 2 aromatic carbocycles. The van der Waals surface area contributed by atoms with Crippen LogP contribution in [0.2, 0.25) is 10.0 Å². The highest BCUT2D eigenvalue weighted by Gasteiger charge is 2.35. The second-order valence-corrected chi connectivity index (χ2v) is 12.1. The molecule has 2 atom stereocenters. The Labute approximate surface area is 249 Å². The van der Waals surface area contributed by atoms with E-state index in [9.17, 15) is 4.79 Å². The van der Waals surface area contributed by atoms with Crippen LogP contribution in [0.4, 0.5) is 4.79 Å². The molecule has 2 aromatic heterocycles. The SMILES string of the molecule is CC(C)(C)OC(=O)N1CCCC1c1cc(-c2cccc(Cl)c2)on1.Clc1cccc(-c2cc(C3CCCN3)no2)c1. The van der Waals surface area contributed by atoms with Crippen molar-refractivity contribution in [1.82, 2.24) is 20.5 Å². The fraction of sp³-hybridized carbons (Fsp3) is 0.387. The summed E-state index contributed by atoms with van der Waals surface area (Å²) in [5.74, 6) is 1.42. The predicted octanol–water partition coefficient (Wildman–Crippen LogP) is 8.49. The minimum Gasteiger partial charge on any atom is -0.444 e. The Hall–Kier alpha value is -3.33. The number of rotatable bonds is 4. The molecule has 2 aliphatic heterocycles. The largest absolute Gasteiger partial charge is 0.444 e. The maximum absolute atomic E-state index is 12.4. The number of carbonyl (C=O) groups is 1. The number of nitrogens with zero attached hydrogens (tertiary/aromatic N) is 3. The third-order valence-corrected chi connectivity index (χ3v) is 7.38. The highest BCUT2D eigenvalue weighted by Crippen LogP contribution is 2.35. The van der Waals surface area contributed by atoms with Gasteiger partial charge in [-0.05, 0) is 77.3 Å². The van der Waals surface area contributed by atoms with E-state index in [-0.39, 0.29) is 12.1 Å². The van der Waals surface area contributed by atoms with Gasteiger partial charge in [0.15, 0.2) is 11.5 Å². The van der Waals surface area contributed by atoms with Crippen molar-refractivity contribution in [2.45, 2.75) is 64.1 Å². The average Bonchev–Trinajstić information content (AvgIpc) is 3.74. The van der Waals surface area contributed by atoms with Crippen LogP contribution in [0.25, 0.3) is 22.6 Å². The van der Waals surface area contributed by atoms with Crippen molar-refractivity contribution in [1.29, 1.82) is 0 Å². The highest BCUT2D eigenvalue weighted by molar-refractivity contribution is 6.31. The van der Waals surface area contributed by atoms with Crippen molar-refractivity contribution in [3.63, 3.8) is 0 Å². The fourth-order valence-corrected chi connectivity index (χ4v) is 5.39. The zero-order chi connectivity index (χ0) is 29.0. The van der Waals surface area contributed by atoms with E-state index in [1.807, 2.05) is 81.4 Å². The van der Waals surface area contributed by atoms with Gasteiger partial charge in [-0.25, -0.2) is 4.79 Å². The molecule has 1 amide bonds. The predicted molar refractivity (Wildman–Crippen MR) is 159 cm³/mol. The number of hydrogen-bond donors (Lipinski definition) is 1. The first kappa shape index (κ1) is 29.2. The van der Waals surface area contributed by atoms with Crippen LogP contribution < -0.4 is 5.32 Å². The van der Waals surface area contributed by atoms with Gasteiger partial charge in [0.1, 0.15) is 17.0 Å². The Bertz CT molecular complexity index is 1470. The molecular formula is C31H34Cl2N4O4. The molecule has 0 spiro atoms. The van der Waals surface area contributed by atoms with Crippen LogP contribution >= 0.6 is 23.2 Å². The van der Waals surface area contributed by atoms with Gasteiger partial charge in [0, 0.05) is 39.8 Å². The van der Waals surface area contributed by atoms with Gasteiger partial charge in [-0.2, -0.15) is 0 Å². The van der Waals surface area contributed by atoms with E-state index in [0.29, 0.717) is 28.4 Å². The lowest BCUT2D eigenvalue weighted by molar-refractivity contribution is 0.0219. The highest BCUT2D eigenvalue weighted by atomic mass is 35.5. The molecule has 4 heterocycles. The van der Waals surface area contributed by atoms with Gasteiger partial charge in [0.2, 0.25) is 0 Å². The fourth-order valence-electron chi connectivity index (χ4n) is 5.00. The van der Waals surface area contributed by atoms with Gasteiger partial charge in [0.25, 0.3) is 0 Å². The monoisotopic (exact) mass is 596 g/mol. The third-order valence-electron chi connectivity index (χ3n) is 6.91. The molecule has 2 unspecified atom stereocenters. The lowest BCUT2D eigenvalue weighted by atomic mass is 10.1. The van der Waals surface area contributed by atoms with Crippen molar-refractivity contribution in [2.24, 2.45) is 0 Å². The molecular weight excluding hydrogens is 563 g/mol. The van der Waals surface area contributed by atoms with Crippen LogP contribution in [0, 0.1) is 0 Å². The van der Waals surface area contributed by atoms with Gasteiger partial charge >= 0.3 is 6.09 Å². The molecule has 2 saturated heterocycles. The van der Waals surface area contributed by atoms with Crippen molar-refractivity contribution in [3.05, 3.63) is 82.1 Å². The first-order valence-electron chi connectivity index (χ1n) is 13.8. The smallest absolute Gasteiger partial charge is 0.410 e. The molecule has 0 radical (unpaired) electrons. The van der Waals surface area contributed by atoms with Gasteiger partial charge < -0.3 is 19.1 Å². The summed E-state index contributed by atoms with van der Waals surface area (Å²) in [5, 5.41) is 13.0. The Morgan fingerprint density at radius 3 is 2.07 bits per heavy atom. The molecule has 216 valence electrons. The maximum Gasteiger partial charge on any atom is 0.410 e. The molecule has 0 bridgehead atoms. The summed E-state index contributed by atoms with van der Waals surface area (Å²) in [6, 6.07) is 19.1. The molecule has 2 aliphatic rings. The molecule has 1 N–H and O–H groups in total. The van der Waals surface area contributed by atoms with Crippen molar-refractivity contribution >= 4 is 29.3 Å². The van der Waals surface area contributed by atoms with Crippen molar-refractivity contribution in [3.8, 4) is 22.6 Å². The molecule has 0 aliphatic carbocycles. The zero-order valence-electron chi connectivity index (χ0n) is 23.4. The van der Waals surface area contributed by atoms with Gasteiger partial charge in [0.05, 0.1) is 12.1 Å². The zero-order valence-corrected chi connectivity index (χ0v) is 24.9. The van der Waals surface area contributed by atoms with Crippen LogP contribution in [0.1, 0.15) is 69.9 Å². The van der Waals surface area contributed by atoms with E-state index >= 15 is 0 Å². The first-order chi connectivity index (χ1) is 19.7. The third kappa shape index (κ3) is 7.50. The Balaban J connectivity index is 0.000000174. The number of hydrogen-bond acceptors (Lipinski definition) is 7. The number of amides is 1. The number of nitrogens with one attached hydrogen (secondary N) is 1. The number of ether oxygens (including phenoxy) is 1. The Morgan fingerprint density at radius 1 is 0.902 bits per heavy atom. The van der Waals surface area contributed by atoms with E-state index in [4.69, 9.17) is 37.0 Å². The molecule has 6 rings (SSSR count). The van der Waals surface area contributed by atoms with Gasteiger partial charge in [-0.1, -0.05) is 57.8 Å². The first-order valence-corrected chi connectivity index (χ1v) is 14.6. The Morgan fingerprint density at radius 2 is 1.51 bits per heavy atom. The summed E-state index contributed by atoms with van der Waals surface area (Å²) in [7, 11) is 0. The van der Waals surface area contributed by atoms with Crippen LogP contribution in [0.3, 0.4) is 0 Å². The number of likely N-dealkylation sites (tertiary alicyclic amines) is 1. The molecule has 10 heteroatoms. The molecule has 0 saturated carbocycles. The minimum absolute atomic E-state index is 0.114. The molecule has 8 nitrogen and oxygen atoms in total. The Kier molecular flexibility index (Phi) is 9.02. The quantitative estimate of drug-likeness (QED) is 0.252. The van der Waals surface area contributed by atoms with Gasteiger partial charge in [-0.3, -0.25) is 4.90 Å². The average molecular weight is 598 g/mol. The molecule has 4 aromatic rings. The van der Waals surface area contributed by atoms with E-state index in [2.05, 4.69) is 15.6 Å². The van der Waals surface area contributed by atoms with Gasteiger partial charge in [-0.15, -0.1) is 0 Å². The van der Waals surface area contributed by atoms with Crippen molar-refractivity contribution in [2.75, 3.05) is 13.1 Å². The van der Waals surface area contributed by atoms with Crippen LogP contribution in [0.15, 0.2) is 69.7 Å². The van der Waals surface area contributed by atoms with E-state index in [0.717, 1.165) is 54.1 Å². The lowest BCUT2D eigenvalue weighted by Crippen LogP contribution is -2.36. The van der Waals surface area contributed by atoms with Crippen LogP contribution in [-0.4, -0.2) is 40.0 Å². The van der Waals surface area contributed by atoms with E-state index in [1.54, 1.807) is 4.90 Å². The summed E-state index contributed by atoms with van der Waals surface area (Å²) >= 11 is 12.0. The van der Waals surface area contributed by atoms with Crippen LogP contribution in [0.5, 0.6) is 0 Å². The number of halogens is 2. The molecule has 41 heavy (non-hydrogen) atoms. The number of aromatic nitrogens is 2.